The molecule has 1 aromatic rings. The normalized spacial score (nSPS) is 13.6. The summed E-state index contributed by atoms with van der Waals surface area (Å²) in [5.74, 6) is 2.43. The van der Waals surface area contributed by atoms with Gasteiger partial charge in [-0.3, -0.25) is 0 Å². The molecule has 0 spiro atoms. The minimum Gasteiger partial charge on any atom is -0.308 e. The third kappa shape index (κ3) is 5.31. The maximum Gasteiger partial charge on any atom is 0.140 e. The molecule has 1 atom stereocenters. The van der Waals surface area contributed by atoms with E-state index in [1.165, 1.54) is 6.42 Å². The van der Waals surface area contributed by atoms with Gasteiger partial charge in [0, 0.05) is 12.6 Å². The topological polar surface area (TPSA) is 42.7 Å². The summed E-state index contributed by atoms with van der Waals surface area (Å²) in [7, 11) is 0. The molecule has 0 aliphatic heterocycles. The van der Waals surface area contributed by atoms with Gasteiger partial charge < -0.3 is 5.32 Å². The van der Waals surface area contributed by atoms with Gasteiger partial charge >= 0.3 is 0 Å². The van der Waals surface area contributed by atoms with Crippen molar-refractivity contribution in [1.82, 2.24) is 20.1 Å². The molecule has 1 aromatic heterocycles. The number of nitrogens with one attached hydrogen (secondary N) is 1. The van der Waals surface area contributed by atoms with Crippen LogP contribution in [-0.2, 0) is 13.1 Å². The van der Waals surface area contributed by atoms with E-state index in [0.717, 1.165) is 24.8 Å². The Morgan fingerprint density at radius 3 is 2.53 bits per heavy atom. The first-order valence-electron chi connectivity index (χ1n) is 6.59. The molecule has 0 amide bonds. The van der Waals surface area contributed by atoms with Crippen molar-refractivity contribution in [3.8, 4) is 0 Å². The third-order valence-electron chi connectivity index (χ3n) is 2.72. The molecule has 0 aromatic carbocycles. The molecule has 4 nitrogen and oxygen atoms in total. The third-order valence-corrected chi connectivity index (χ3v) is 2.72. The van der Waals surface area contributed by atoms with Crippen molar-refractivity contribution in [2.45, 2.75) is 60.2 Å². The first-order chi connectivity index (χ1) is 7.99. The largest absolute Gasteiger partial charge is 0.308 e. The van der Waals surface area contributed by atoms with Crippen LogP contribution in [0.15, 0.2) is 6.33 Å². The van der Waals surface area contributed by atoms with Gasteiger partial charge in [0.1, 0.15) is 12.2 Å². The van der Waals surface area contributed by atoms with Crippen LogP contribution in [0.4, 0.5) is 0 Å². The van der Waals surface area contributed by atoms with E-state index in [4.69, 9.17) is 0 Å². The molecule has 98 valence electrons. The summed E-state index contributed by atoms with van der Waals surface area (Å²) in [6.07, 6.45) is 2.89. The summed E-state index contributed by atoms with van der Waals surface area (Å²) in [5, 5.41) is 7.69. The van der Waals surface area contributed by atoms with Crippen molar-refractivity contribution in [1.29, 1.82) is 0 Å². The maximum atomic E-state index is 4.31. The summed E-state index contributed by atoms with van der Waals surface area (Å²) in [6.45, 7) is 12.9. The number of hydrogen-bond donors (Lipinski definition) is 1. The monoisotopic (exact) mass is 238 g/mol. The lowest BCUT2D eigenvalue weighted by molar-refractivity contribution is 0.363. The molecule has 17 heavy (non-hydrogen) atoms. The summed E-state index contributed by atoms with van der Waals surface area (Å²) in [6, 6.07) is 0.480. The standard InChI is InChI=1S/C13H26N4/c1-10(2)6-12(5)8-17-13(15-9-16-17)7-14-11(3)4/h9-12,14H,6-8H2,1-5H3. The van der Waals surface area contributed by atoms with Gasteiger partial charge in [0.15, 0.2) is 0 Å². The number of rotatable bonds is 7. The van der Waals surface area contributed by atoms with E-state index >= 15 is 0 Å². The molecular weight excluding hydrogens is 212 g/mol. The highest BCUT2D eigenvalue weighted by atomic mass is 15.3. The molecule has 0 aliphatic carbocycles. The molecule has 0 radical (unpaired) electrons. The summed E-state index contributed by atoms with van der Waals surface area (Å²) in [5.41, 5.74) is 0. The first kappa shape index (κ1) is 14.2. The Morgan fingerprint density at radius 2 is 1.94 bits per heavy atom. The Kier molecular flexibility index (Phi) is 5.62. The summed E-state index contributed by atoms with van der Waals surface area (Å²) < 4.78 is 2.03. The van der Waals surface area contributed by atoms with Crippen LogP contribution < -0.4 is 5.32 Å². The minimum absolute atomic E-state index is 0.480. The average Bonchev–Trinajstić information content (AvgIpc) is 2.60. The molecule has 1 N–H and O–H groups in total. The van der Waals surface area contributed by atoms with Crippen LogP contribution in [0.5, 0.6) is 0 Å². The van der Waals surface area contributed by atoms with Gasteiger partial charge in [-0.2, -0.15) is 5.10 Å². The molecular formula is C13H26N4. The van der Waals surface area contributed by atoms with Crippen LogP contribution in [0, 0.1) is 11.8 Å². The second kappa shape index (κ2) is 6.74. The van der Waals surface area contributed by atoms with E-state index in [1.54, 1.807) is 6.33 Å². The van der Waals surface area contributed by atoms with Gasteiger partial charge in [0.05, 0.1) is 6.54 Å². The number of hydrogen-bond acceptors (Lipinski definition) is 3. The average molecular weight is 238 g/mol. The minimum atomic E-state index is 0.480. The van der Waals surface area contributed by atoms with E-state index in [2.05, 4.69) is 50.0 Å². The van der Waals surface area contributed by atoms with Crippen LogP contribution in [0.25, 0.3) is 0 Å². The Bertz CT molecular complexity index is 317. The quantitative estimate of drug-likeness (QED) is 0.793. The van der Waals surface area contributed by atoms with Crippen LogP contribution in [-0.4, -0.2) is 20.8 Å². The van der Waals surface area contributed by atoms with E-state index in [0.29, 0.717) is 12.0 Å². The van der Waals surface area contributed by atoms with Crippen molar-refractivity contribution in [2.75, 3.05) is 0 Å². The van der Waals surface area contributed by atoms with Crippen LogP contribution in [0.2, 0.25) is 0 Å². The second-order valence-corrected chi connectivity index (χ2v) is 5.63. The Hall–Kier alpha value is -0.900. The van der Waals surface area contributed by atoms with Gasteiger partial charge in [0.25, 0.3) is 0 Å². The number of aromatic nitrogens is 3. The maximum absolute atomic E-state index is 4.31. The van der Waals surface area contributed by atoms with Crippen molar-refractivity contribution in [3.05, 3.63) is 12.2 Å². The zero-order chi connectivity index (χ0) is 12.8. The van der Waals surface area contributed by atoms with Crippen LogP contribution >= 0.6 is 0 Å². The molecule has 0 saturated heterocycles. The molecule has 4 heteroatoms. The number of nitrogens with zero attached hydrogens (tertiary/aromatic N) is 3. The van der Waals surface area contributed by atoms with Gasteiger partial charge in [-0.25, -0.2) is 9.67 Å². The first-order valence-corrected chi connectivity index (χ1v) is 6.59. The fourth-order valence-electron chi connectivity index (χ4n) is 2.05. The highest BCUT2D eigenvalue weighted by molar-refractivity contribution is 4.84. The van der Waals surface area contributed by atoms with Crippen molar-refractivity contribution >= 4 is 0 Å². The Morgan fingerprint density at radius 1 is 1.24 bits per heavy atom. The highest BCUT2D eigenvalue weighted by Crippen LogP contribution is 2.13. The predicted octanol–water partition coefficient (Wildman–Crippen LogP) is 2.46. The van der Waals surface area contributed by atoms with E-state index in [-0.39, 0.29) is 0 Å². The van der Waals surface area contributed by atoms with Gasteiger partial charge in [-0.15, -0.1) is 0 Å². The summed E-state index contributed by atoms with van der Waals surface area (Å²) in [4.78, 5) is 4.31. The van der Waals surface area contributed by atoms with Gasteiger partial charge in [0.2, 0.25) is 0 Å². The smallest absolute Gasteiger partial charge is 0.140 e. The van der Waals surface area contributed by atoms with E-state index in [9.17, 15) is 0 Å². The fraction of sp³-hybridized carbons (Fsp3) is 0.846. The highest BCUT2D eigenvalue weighted by Gasteiger charge is 2.10. The molecule has 0 saturated carbocycles. The lowest BCUT2D eigenvalue weighted by atomic mass is 9.99. The molecule has 0 bridgehead atoms. The molecule has 1 unspecified atom stereocenters. The van der Waals surface area contributed by atoms with E-state index < -0.39 is 0 Å². The van der Waals surface area contributed by atoms with Gasteiger partial charge in [-0.1, -0.05) is 34.6 Å². The van der Waals surface area contributed by atoms with Crippen LogP contribution in [0.3, 0.4) is 0 Å². The lowest BCUT2D eigenvalue weighted by Gasteiger charge is -2.15. The van der Waals surface area contributed by atoms with Crippen LogP contribution in [0.1, 0.15) is 46.9 Å². The fourth-order valence-corrected chi connectivity index (χ4v) is 2.05. The van der Waals surface area contributed by atoms with Crippen molar-refractivity contribution < 1.29 is 0 Å². The SMILES string of the molecule is CC(C)CC(C)Cn1ncnc1CNC(C)C. The van der Waals surface area contributed by atoms with Crippen molar-refractivity contribution in [3.63, 3.8) is 0 Å². The zero-order valence-corrected chi connectivity index (χ0v) is 11.8. The van der Waals surface area contributed by atoms with E-state index in [1.807, 2.05) is 4.68 Å². The predicted molar refractivity (Wildman–Crippen MR) is 70.6 cm³/mol. The Balaban J connectivity index is 2.50. The molecule has 1 rings (SSSR count). The second-order valence-electron chi connectivity index (χ2n) is 5.63. The molecule has 1 heterocycles. The van der Waals surface area contributed by atoms with Crippen molar-refractivity contribution in [2.24, 2.45) is 11.8 Å². The summed E-state index contributed by atoms with van der Waals surface area (Å²) >= 11 is 0. The van der Waals surface area contributed by atoms with Gasteiger partial charge in [-0.05, 0) is 18.3 Å². The lowest BCUT2D eigenvalue weighted by Crippen LogP contribution is -2.25. The molecule has 0 aliphatic rings. The zero-order valence-electron chi connectivity index (χ0n) is 11.8. The Labute approximate surface area is 105 Å². The molecule has 0 fully saturated rings.